The van der Waals surface area contributed by atoms with Crippen LogP contribution in [0.25, 0.3) is 0 Å². The van der Waals surface area contributed by atoms with Crippen molar-refractivity contribution in [2.45, 2.75) is 32.1 Å². The van der Waals surface area contributed by atoms with Crippen LogP contribution in [0, 0.1) is 0 Å². The molecule has 0 bridgehead atoms. The van der Waals surface area contributed by atoms with Crippen LogP contribution in [0.4, 0.5) is 0 Å². The molecule has 0 spiro atoms. The molecule has 1 aromatic heterocycles. The number of nitrogens with zero attached hydrogens (tertiary/aromatic N) is 4. The molecule has 0 aromatic carbocycles. The van der Waals surface area contributed by atoms with Crippen molar-refractivity contribution in [3.63, 3.8) is 0 Å². The summed E-state index contributed by atoms with van der Waals surface area (Å²) in [6, 6.07) is 0. The number of Topliss-reactive ketones (excluding diaryl/α,β-unsaturated/α-hetero) is 1. The van der Waals surface area contributed by atoms with Crippen LogP contribution in [0.1, 0.15) is 37.9 Å². The number of ketones is 1. The highest BCUT2D eigenvalue weighted by Gasteiger charge is 2.27. The van der Waals surface area contributed by atoms with Gasteiger partial charge in [-0.2, -0.15) is 0 Å². The molecule has 1 saturated heterocycles. The Balaban J connectivity index is 2.03. The number of amides is 1. The van der Waals surface area contributed by atoms with Crippen molar-refractivity contribution in [2.24, 2.45) is 7.05 Å². The fourth-order valence-electron chi connectivity index (χ4n) is 2.40. The fourth-order valence-corrected chi connectivity index (χ4v) is 2.40. The molecule has 98 valence electrons. The summed E-state index contributed by atoms with van der Waals surface area (Å²) in [5.74, 6) is 0.979. The van der Waals surface area contributed by atoms with Crippen molar-refractivity contribution in [3.8, 4) is 0 Å². The maximum Gasteiger partial charge on any atom is 0.230 e. The number of rotatable bonds is 3. The van der Waals surface area contributed by atoms with Crippen LogP contribution in [0.3, 0.4) is 0 Å². The van der Waals surface area contributed by atoms with Crippen molar-refractivity contribution in [2.75, 3.05) is 13.1 Å². The minimum Gasteiger partial charge on any atom is -0.342 e. The first kappa shape index (κ1) is 12.7. The van der Waals surface area contributed by atoms with E-state index in [2.05, 4.69) is 10.2 Å². The lowest BCUT2D eigenvalue weighted by molar-refractivity contribution is -0.135. The monoisotopic (exact) mass is 250 g/mol. The van der Waals surface area contributed by atoms with Gasteiger partial charge in [-0.15, -0.1) is 10.2 Å². The summed E-state index contributed by atoms with van der Waals surface area (Å²) in [4.78, 5) is 24.6. The predicted molar refractivity (Wildman–Crippen MR) is 64.9 cm³/mol. The van der Waals surface area contributed by atoms with E-state index in [0.29, 0.717) is 6.54 Å². The van der Waals surface area contributed by atoms with Gasteiger partial charge in [-0.25, -0.2) is 0 Å². The molecule has 0 N–H and O–H groups in total. The first-order valence-corrected chi connectivity index (χ1v) is 6.19. The van der Waals surface area contributed by atoms with Crippen LogP contribution in [0.15, 0.2) is 6.33 Å². The van der Waals surface area contributed by atoms with Crippen molar-refractivity contribution in [3.05, 3.63) is 12.2 Å². The van der Waals surface area contributed by atoms with Gasteiger partial charge in [0.05, 0.1) is 6.42 Å². The van der Waals surface area contributed by atoms with Crippen LogP contribution >= 0.6 is 0 Å². The van der Waals surface area contributed by atoms with Crippen LogP contribution in [0.5, 0.6) is 0 Å². The molecule has 0 saturated carbocycles. The first-order valence-electron chi connectivity index (χ1n) is 6.19. The zero-order valence-corrected chi connectivity index (χ0v) is 10.8. The fraction of sp³-hybridized carbons (Fsp3) is 0.667. The van der Waals surface area contributed by atoms with E-state index in [9.17, 15) is 9.59 Å². The SMILES string of the molecule is CC(=O)CC(=O)N1CCCC(c2nncn2C)C1. The molecule has 18 heavy (non-hydrogen) atoms. The van der Waals surface area contributed by atoms with Gasteiger partial charge >= 0.3 is 0 Å². The molecule has 0 aliphatic carbocycles. The van der Waals surface area contributed by atoms with Crippen molar-refractivity contribution in [1.82, 2.24) is 19.7 Å². The quantitative estimate of drug-likeness (QED) is 0.733. The van der Waals surface area contributed by atoms with Gasteiger partial charge < -0.3 is 9.47 Å². The number of likely N-dealkylation sites (tertiary alicyclic amines) is 1. The van der Waals surface area contributed by atoms with E-state index in [-0.39, 0.29) is 24.0 Å². The Morgan fingerprint density at radius 2 is 2.28 bits per heavy atom. The topological polar surface area (TPSA) is 68.1 Å². The molecule has 1 amide bonds. The predicted octanol–water partition coefficient (Wildman–Crippen LogP) is 0.500. The minimum absolute atomic E-state index is 0.00549. The highest BCUT2D eigenvalue weighted by molar-refractivity contribution is 5.96. The Kier molecular flexibility index (Phi) is 3.74. The Morgan fingerprint density at radius 1 is 1.50 bits per heavy atom. The molecule has 1 fully saturated rings. The van der Waals surface area contributed by atoms with Gasteiger partial charge in [0.25, 0.3) is 0 Å². The van der Waals surface area contributed by atoms with Crippen LogP contribution in [-0.2, 0) is 16.6 Å². The minimum atomic E-state index is -0.0826. The summed E-state index contributed by atoms with van der Waals surface area (Å²) >= 11 is 0. The standard InChI is InChI=1S/C12H18N4O2/c1-9(17)6-11(18)16-5-3-4-10(7-16)12-14-13-8-15(12)2/h8,10H,3-7H2,1-2H3. The highest BCUT2D eigenvalue weighted by Crippen LogP contribution is 2.25. The normalized spacial score (nSPS) is 19.9. The lowest BCUT2D eigenvalue weighted by atomic mass is 9.97. The third-order valence-corrected chi connectivity index (χ3v) is 3.29. The lowest BCUT2D eigenvalue weighted by Crippen LogP contribution is -2.40. The van der Waals surface area contributed by atoms with Crippen molar-refractivity contribution in [1.29, 1.82) is 0 Å². The molecular weight excluding hydrogens is 232 g/mol. The second kappa shape index (κ2) is 5.29. The summed E-state index contributed by atoms with van der Waals surface area (Å²) in [6.45, 7) is 2.82. The average molecular weight is 250 g/mol. The number of hydrogen-bond donors (Lipinski definition) is 0. The summed E-state index contributed by atoms with van der Waals surface area (Å²) in [6.07, 6.45) is 3.63. The molecule has 6 heteroatoms. The number of hydrogen-bond acceptors (Lipinski definition) is 4. The van der Waals surface area contributed by atoms with Gasteiger partial charge in [-0.3, -0.25) is 9.59 Å². The maximum atomic E-state index is 11.9. The van der Waals surface area contributed by atoms with Gasteiger partial charge in [0.15, 0.2) is 0 Å². The van der Waals surface area contributed by atoms with Crippen LogP contribution < -0.4 is 0 Å². The number of carbonyl (C=O) groups excluding carboxylic acids is 2. The van der Waals surface area contributed by atoms with E-state index >= 15 is 0 Å². The maximum absolute atomic E-state index is 11.9. The Bertz CT molecular complexity index is 455. The first-order chi connectivity index (χ1) is 8.58. The Hall–Kier alpha value is -1.72. The van der Waals surface area contributed by atoms with Gasteiger partial charge in [0.2, 0.25) is 5.91 Å². The van der Waals surface area contributed by atoms with Crippen molar-refractivity contribution >= 4 is 11.7 Å². The molecule has 2 rings (SSSR count). The van der Waals surface area contributed by atoms with Crippen LogP contribution in [0.2, 0.25) is 0 Å². The summed E-state index contributed by atoms with van der Waals surface area (Å²) < 4.78 is 1.89. The van der Waals surface area contributed by atoms with E-state index in [0.717, 1.165) is 25.2 Å². The van der Waals surface area contributed by atoms with Gasteiger partial charge in [0, 0.05) is 26.1 Å². The number of aromatic nitrogens is 3. The molecule has 1 aliphatic rings. The Morgan fingerprint density at radius 3 is 2.89 bits per heavy atom. The van der Waals surface area contributed by atoms with Crippen LogP contribution in [-0.4, -0.2) is 44.4 Å². The van der Waals surface area contributed by atoms with Crippen molar-refractivity contribution < 1.29 is 9.59 Å². The number of aryl methyl sites for hydroxylation is 1. The lowest BCUT2D eigenvalue weighted by Gasteiger charge is -2.32. The van der Waals surface area contributed by atoms with E-state index in [1.807, 2.05) is 11.6 Å². The smallest absolute Gasteiger partial charge is 0.230 e. The average Bonchev–Trinajstić information content (AvgIpc) is 2.75. The zero-order chi connectivity index (χ0) is 13.1. The summed E-state index contributed by atoms with van der Waals surface area (Å²) in [5, 5.41) is 7.97. The van der Waals surface area contributed by atoms with E-state index in [1.54, 1.807) is 11.2 Å². The molecule has 1 atom stereocenters. The molecular formula is C12H18N4O2. The van der Waals surface area contributed by atoms with E-state index in [4.69, 9.17) is 0 Å². The van der Waals surface area contributed by atoms with Gasteiger partial charge in [-0.1, -0.05) is 0 Å². The summed E-state index contributed by atoms with van der Waals surface area (Å²) in [7, 11) is 1.91. The summed E-state index contributed by atoms with van der Waals surface area (Å²) in [5.41, 5.74) is 0. The Labute approximate surface area is 106 Å². The van der Waals surface area contributed by atoms with E-state index in [1.165, 1.54) is 6.92 Å². The van der Waals surface area contributed by atoms with Gasteiger partial charge in [-0.05, 0) is 19.8 Å². The number of piperidine rings is 1. The zero-order valence-electron chi connectivity index (χ0n) is 10.8. The third-order valence-electron chi connectivity index (χ3n) is 3.29. The van der Waals surface area contributed by atoms with E-state index < -0.39 is 0 Å². The molecule has 0 radical (unpaired) electrons. The largest absolute Gasteiger partial charge is 0.342 e. The second-order valence-corrected chi connectivity index (χ2v) is 4.86. The molecule has 1 aromatic rings. The molecule has 1 unspecified atom stereocenters. The second-order valence-electron chi connectivity index (χ2n) is 4.86. The number of carbonyl (C=O) groups is 2. The molecule has 6 nitrogen and oxygen atoms in total. The third kappa shape index (κ3) is 2.75. The molecule has 2 heterocycles. The highest BCUT2D eigenvalue weighted by atomic mass is 16.2. The molecule has 1 aliphatic heterocycles. The van der Waals surface area contributed by atoms with Gasteiger partial charge in [0.1, 0.15) is 17.9 Å².